The summed E-state index contributed by atoms with van der Waals surface area (Å²) in [6.07, 6.45) is 7.27. The predicted molar refractivity (Wildman–Crippen MR) is 151 cm³/mol. The maximum absolute atomic E-state index is 14.4. The number of esters is 1. The molecular weight excluding hydrogens is 518 g/mol. The highest BCUT2D eigenvalue weighted by atomic mass is 32.2. The van der Waals surface area contributed by atoms with Gasteiger partial charge in [0.15, 0.2) is 0 Å². The molecule has 0 radical (unpaired) electrons. The molecule has 9 nitrogen and oxygen atoms in total. The van der Waals surface area contributed by atoms with Gasteiger partial charge in [-0.1, -0.05) is 19.1 Å². The van der Waals surface area contributed by atoms with Gasteiger partial charge in [0, 0.05) is 51.1 Å². The highest BCUT2D eigenvalue weighted by molar-refractivity contribution is 8.02. The van der Waals surface area contributed by atoms with Crippen molar-refractivity contribution >= 4 is 29.5 Å². The first-order chi connectivity index (χ1) is 18.9. The topological polar surface area (TPSA) is 99.6 Å². The molecule has 2 bridgehead atoms. The second-order valence-corrected chi connectivity index (χ2v) is 12.7. The molecule has 0 aromatic heterocycles. The summed E-state index contributed by atoms with van der Waals surface area (Å²) in [6, 6.07) is -0.679. The maximum Gasteiger partial charge on any atom is 0.310 e. The van der Waals surface area contributed by atoms with Crippen LogP contribution in [-0.2, 0) is 23.9 Å². The third-order valence-corrected chi connectivity index (χ3v) is 10.9. The first-order valence-electron chi connectivity index (χ1n) is 14.5. The van der Waals surface area contributed by atoms with Crippen molar-refractivity contribution in [3.8, 4) is 0 Å². The van der Waals surface area contributed by atoms with E-state index >= 15 is 0 Å². The first kappa shape index (κ1) is 30.1. The molecule has 0 aliphatic carbocycles. The molecule has 0 saturated carbocycles. The number of aliphatic hydroxyl groups is 1. The van der Waals surface area contributed by atoms with Gasteiger partial charge in [0.2, 0.25) is 11.8 Å². The van der Waals surface area contributed by atoms with Crippen molar-refractivity contribution in [2.24, 2.45) is 17.8 Å². The van der Waals surface area contributed by atoms with Crippen LogP contribution >= 0.6 is 11.8 Å². The normalized spacial score (nSPS) is 31.8. The number of morpholine rings is 1. The minimum Gasteiger partial charge on any atom is -0.465 e. The van der Waals surface area contributed by atoms with Crippen LogP contribution in [-0.4, -0.2) is 119 Å². The summed E-state index contributed by atoms with van der Waals surface area (Å²) in [4.78, 5) is 47.6. The van der Waals surface area contributed by atoms with E-state index in [1.165, 1.54) is 0 Å². The Labute approximate surface area is 236 Å². The van der Waals surface area contributed by atoms with Crippen LogP contribution < -0.4 is 0 Å². The number of allylic oxidation sites excluding steroid dienone is 1. The summed E-state index contributed by atoms with van der Waals surface area (Å²) in [7, 11) is 0. The molecule has 4 aliphatic heterocycles. The fraction of sp³-hybridized carbons (Fsp3) is 0.759. The Morgan fingerprint density at radius 3 is 2.67 bits per heavy atom. The number of likely N-dealkylation sites (tertiary alicyclic amines) is 1. The lowest BCUT2D eigenvalue weighted by molar-refractivity contribution is -0.154. The minimum absolute atomic E-state index is 0.0360. The van der Waals surface area contributed by atoms with Crippen LogP contribution in [0.1, 0.15) is 39.0 Å². The number of unbranched alkanes of at least 4 members (excludes halogenated alkanes) is 2. The third kappa shape index (κ3) is 5.94. The number of hydrogen-bond acceptors (Lipinski definition) is 8. The molecule has 4 heterocycles. The Morgan fingerprint density at radius 1 is 1.21 bits per heavy atom. The summed E-state index contributed by atoms with van der Waals surface area (Å²) in [5.41, 5.74) is 0. The number of hydrogen-bond donors (Lipinski definition) is 1. The molecule has 6 atom stereocenters. The number of rotatable bonds is 15. The highest BCUT2D eigenvalue weighted by Crippen LogP contribution is 2.68. The van der Waals surface area contributed by atoms with Gasteiger partial charge in [0.1, 0.15) is 6.04 Å². The number of carbonyl (C=O) groups excluding carboxylic acids is 3. The van der Waals surface area contributed by atoms with Crippen molar-refractivity contribution in [3.05, 3.63) is 25.3 Å². The van der Waals surface area contributed by atoms with E-state index in [0.717, 1.165) is 45.3 Å². The number of amides is 2. The molecule has 2 amide bonds. The van der Waals surface area contributed by atoms with Crippen LogP contribution in [0.3, 0.4) is 0 Å². The monoisotopic (exact) mass is 563 g/mol. The lowest BCUT2D eigenvalue weighted by Gasteiger charge is -2.41. The number of nitrogens with zero attached hydrogens (tertiary/aromatic N) is 3. The van der Waals surface area contributed by atoms with E-state index in [4.69, 9.17) is 9.47 Å². The van der Waals surface area contributed by atoms with E-state index in [-0.39, 0.29) is 42.1 Å². The van der Waals surface area contributed by atoms with Gasteiger partial charge >= 0.3 is 5.97 Å². The summed E-state index contributed by atoms with van der Waals surface area (Å²) in [6.45, 7) is 15.0. The van der Waals surface area contributed by atoms with E-state index in [9.17, 15) is 19.5 Å². The average Bonchev–Trinajstić information content (AvgIpc) is 3.53. The summed E-state index contributed by atoms with van der Waals surface area (Å²) < 4.78 is 10.5. The fourth-order valence-corrected chi connectivity index (χ4v) is 9.32. The predicted octanol–water partition coefficient (Wildman–Crippen LogP) is 1.95. The standard InChI is InChI=1S/C29H45N3O6S/c1-4-6-7-8-17-38-28(36)23-22-20-21(3)29(39-22)24(23)26(34)32(11-9-16-33)25(29)27(35)31(10-5-2)13-12-30-14-18-37-19-15-30/h4-5,21-25,33H,1-2,6-20H2,3H3/t21?,22-,23+,24-,25?,29?/m0/s1. The van der Waals surface area contributed by atoms with Gasteiger partial charge in [-0.05, 0) is 38.0 Å². The van der Waals surface area contributed by atoms with Crippen LogP contribution in [0.2, 0.25) is 0 Å². The smallest absolute Gasteiger partial charge is 0.310 e. The first-order valence-corrected chi connectivity index (χ1v) is 15.3. The van der Waals surface area contributed by atoms with Gasteiger partial charge in [-0.25, -0.2) is 0 Å². The molecule has 4 saturated heterocycles. The second-order valence-electron chi connectivity index (χ2n) is 11.1. The van der Waals surface area contributed by atoms with E-state index in [1.807, 2.05) is 11.0 Å². The number of fused-ring (bicyclic) bond motifs is 1. The quantitative estimate of drug-likeness (QED) is 0.183. The molecule has 4 aliphatic rings. The Hall–Kier alpha value is -1.88. The van der Waals surface area contributed by atoms with E-state index in [2.05, 4.69) is 25.0 Å². The summed E-state index contributed by atoms with van der Waals surface area (Å²) in [5.74, 6) is -1.60. The van der Waals surface area contributed by atoms with Gasteiger partial charge in [0.05, 0.1) is 36.4 Å². The van der Waals surface area contributed by atoms with Crippen LogP contribution in [0.4, 0.5) is 0 Å². The van der Waals surface area contributed by atoms with Crippen molar-refractivity contribution < 1.29 is 29.0 Å². The highest BCUT2D eigenvalue weighted by Gasteiger charge is 2.76. The molecular formula is C29H45N3O6S. The van der Waals surface area contributed by atoms with E-state index in [0.29, 0.717) is 39.3 Å². The van der Waals surface area contributed by atoms with Crippen LogP contribution in [0.25, 0.3) is 0 Å². The molecule has 1 N–H and O–H groups in total. The van der Waals surface area contributed by atoms with Gasteiger partial charge in [-0.15, -0.1) is 24.9 Å². The van der Waals surface area contributed by atoms with E-state index < -0.39 is 22.6 Å². The zero-order valence-electron chi connectivity index (χ0n) is 23.3. The Bertz CT molecular complexity index is 911. The molecule has 4 rings (SSSR count). The molecule has 0 aromatic carbocycles. The van der Waals surface area contributed by atoms with Crippen LogP contribution in [0.5, 0.6) is 0 Å². The second kappa shape index (κ2) is 13.7. The lowest BCUT2D eigenvalue weighted by Crippen LogP contribution is -2.58. The van der Waals surface area contributed by atoms with Crippen molar-refractivity contribution in [1.29, 1.82) is 0 Å². The van der Waals surface area contributed by atoms with E-state index in [1.54, 1.807) is 22.7 Å². The van der Waals surface area contributed by atoms with Crippen molar-refractivity contribution in [3.63, 3.8) is 0 Å². The zero-order chi connectivity index (χ0) is 28.0. The Balaban J connectivity index is 1.57. The van der Waals surface area contributed by atoms with Crippen molar-refractivity contribution in [2.45, 2.75) is 55.1 Å². The third-order valence-electron chi connectivity index (χ3n) is 8.81. The van der Waals surface area contributed by atoms with Crippen molar-refractivity contribution in [2.75, 3.05) is 65.7 Å². The van der Waals surface area contributed by atoms with Crippen molar-refractivity contribution in [1.82, 2.24) is 14.7 Å². The Morgan fingerprint density at radius 2 is 1.97 bits per heavy atom. The van der Waals surface area contributed by atoms with Gasteiger partial charge < -0.3 is 24.4 Å². The molecule has 0 aromatic rings. The number of carbonyl (C=O) groups is 3. The number of thioether (sulfide) groups is 1. The Kier molecular flexibility index (Phi) is 10.5. The van der Waals surface area contributed by atoms with Gasteiger partial charge in [-0.3, -0.25) is 19.3 Å². The molecule has 39 heavy (non-hydrogen) atoms. The van der Waals surface area contributed by atoms with Gasteiger partial charge in [0.25, 0.3) is 0 Å². The molecule has 10 heteroatoms. The lowest BCUT2D eigenvalue weighted by atomic mass is 9.66. The number of aliphatic hydroxyl groups excluding tert-OH is 1. The fourth-order valence-electron chi connectivity index (χ4n) is 6.92. The molecule has 218 valence electrons. The SMILES string of the molecule is C=CCCCCOC(=O)[C@@H]1[C@@H]2CC(C)C3(S2)C(C(=O)N(CC=C)CCN2CCOCC2)N(CCCO)C(=O)[C@H]13. The van der Waals surface area contributed by atoms with Crippen LogP contribution in [0, 0.1) is 17.8 Å². The molecule has 1 spiro atoms. The largest absolute Gasteiger partial charge is 0.465 e. The van der Waals surface area contributed by atoms with Crippen LogP contribution in [0.15, 0.2) is 25.3 Å². The number of ether oxygens (including phenoxy) is 2. The minimum atomic E-state index is -0.681. The average molecular weight is 564 g/mol. The summed E-state index contributed by atoms with van der Waals surface area (Å²) in [5, 5.41) is 9.56. The molecule has 4 fully saturated rings. The summed E-state index contributed by atoms with van der Waals surface area (Å²) >= 11 is 1.66. The molecule has 3 unspecified atom stereocenters. The zero-order valence-corrected chi connectivity index (χ0v) is 24.1. The van der Waals surface area contributed by atoms with Gasteiger partial charge in [-0.2, -0.15) is 0 Å². The maximum atomic E-state index is 14.4.